The van der Waals surface area contributed by atoms with Crippen molar-refractivity contribution in [3.8, 4) is 0 Å². The van der Waals surface area contributed by atoms with Gasteiger partial charge in [0.05, 0.1) is 4.92 Å². The summed E-state index contributed by atoms with van der Waals surface area (Å²) < 4.78 is 0. The van der Waals surface area contributed by atoms with E-state index in [0.29, 0.717) is 5.69 Å². The fraction of sp³-hybridized carbons (Fsp3) is 0.0833. The molecular weight excluding hydrogens is 316 g/mol. The third-order valence-electron chi connectivity index (χ3n) is 2.32. The highest BCUT2D eigenvalue weighted by atomic mass is 35.5. The van der Waals surface area contributed by atoms with Crippen LogP contribution in [0.4, 0.5) is 11.4 Å². The summed E-state index contributed by atoms with van der Waals surface area (Å²) in [4.78, 5) is 29.5. The number of carbonyl (C=O) groups excluding carboxylic acids is 1. The Morgan fingerprint density at radius 2 is 2.00 bits per heavy atom. The number of hydrogen-bond donors (Lipinski definition) is 1. The van der Waals surface area contributed by atoms with E-state index in [1.54, 1.807) is 24.3 Å². The lowest BCUT2D eigenvalue weighted by molar-refractivity contribution is -0.388. The number of anilines is 1. The molecule has 0 saturated heterocycles. The minimum absolute atomic E-state index is 0.160. The number of nitrogens with zero attached hydrogens (tertiary/aromatic N) is 3. The number of aromatic nitrogens is 2. The van der Waals surface area contributed by atoms with Crippen LogP contribution in [0.1, 0.15) is 6.92 Å². The van der Waals surface area contributed by atoms with Crippen molar-refractivity contribution >= 4 is 40.6 Å². The summed E-state index contributed by atoms with van der Waals surface area (Å²) in [6.07, 6.45) is 1.17. The van der Waals surface area contributed by atoms with Crippen molar-refractivity contribution in [2.75, 3.05) is 5.32 Å². The Kier molecular flexibility index (Phi) is 4.71. The largest absolute Gasteiger partial charge is 0.338 e. The predicted octanol–water partition coefficient (Wildman–Crippen LogP) is 3.15. The molecule has 2 rings (SSSR count). The Labute approximate surface area is 128 Å². The van der Waals surface area contributed by atoms with Gasteiger partial charge in [0.25, 0.3) is 0 Å². The lowest BCUT2D eigenvalue weighted by Gasteiger charge is -2.05. The summed E-state index contributed by atoms with van der Waals surface area (Å²) >= 11 is 6.81. The van der Waals surface area contributed by atoms with Crippen molar-refractivity contribution in [3.05, 3.63) is 45.9 Å². The molecule has 7 nitrogen and oxygen atoms in total. The summed E-state index contributed by atoms with van der Waals surface area (Å²) in [5, 5.41) is 13.6. The van der Waals surface area contributed by atoms with E-state index in [1.807, 2.05) is 0 Å². The minimum Gasteiger partial charge on any atom is -0.326 e. The second-order valence-electron chi connectivity index (χ2n) is 3.88. The van der Waals surface area contributed by atoms with Crippen LogP contribution >= 0.6 is 23.4 Å². The van der Waals surface area contributed by atoms with E-state index in [4.69, 9.17) is 11.6 Å². The number of hydrogen-bond acceptors (Lipinski definition) is 6. The van der Waals surface area contributed by atoms with Crippen molar-refractivity contribution in [2.45, 2.75) is 16.8 Å². The maximum atomic E-state index is 11.0. The third-order valence-corrected chi connectivity index (χ3v) is 3.59. The van der Waals surface area contributed by atoms with Gasteiger partial charge in [-0.05, 0) is 24.3 Å². The maximum absolute atomic E-state index is 11.0. The van der Waals surface area contributed by atoms with Gasteiger partial charge in [-0.25, -0.2) is 9.97 Å². The minimum atomic E-state index is -0.615. The number of halogens is 1. The van der Waals surface area contributed by atoms with Gasteiger partial charge in [-0.1, -0.05) is 23.4 Å². The van der Waals surface area contributed by atoms with E-state index in [2.05, 4.69) is 15.3 Å². The Morgan fingerprint density at radius 1 is 1.33 bits per heavy atom. The van der Waals surface area contributed by atoms with Crippen LogP contribution in [0.2, 0.25) is 5.15 Å². The molecule has 1 N–H and O–H groups in total. The number of nitrogens with one attached hydrogen (secondary N) is 1. The molecule has 0 unspecified atom stereocenters. The molecule has 0 bridgehead atoms. The molecule has 0 radical (unpaired) electrons. The molecule has 0 saturated carbocycles. The zero-order valence-corrected chi connectivity index (χ0v) is 12.3. The van der Waals surface area contributed by atoms with E-state index in [-0.39, 0.29) is 21.8 Å². The van der Waals surface area contributed by atoms with E-state index in [9.17, 15) is 14.9 Å². The van der Waals surface area contributed by atoms with Crippen molar-refractivity contribution in [1.82, 2.24) is 9.97 Å². The van der Waals surface area contributed by atoms with Crippen LogP contribution < -0.4 is 5.32 Å². The molecule has 1 amide bonds. The van der Waals surface area contributed by atoms with Gasteiger partial charge in [-0.2, -0.15) is 0 Å². The lowest BCUT2D eigenvalue weighted by atomic mass is 10.3. The Hall–Kier alpha value is -2.19. The third kappa shape index (κ3) is 3.89. The lowest BCUT2D eigenvalue weighted by Crippen LogP contribution is -2.05. The molecule has 2 aromatic rings. The standard InChI is InChI=1S/C12H9ClN4O3S/c1-7(18)16-8-2-4-9(5-3-8)21-12-10(17(19)20)11(13)14-6-15-12/h2-6H,1H3,(H,16,18). The number of carbonyl (C=O) groups is 1. The zero-order chi connectivity index (χ0) is 15.4. The number of amides is 1. The summed E-state index contributed by atoms with van der Waals surface area (Å²) in [5.74, 6) is -0.173. The van der Waals surface area contributed by atoms with Crippen LogP contribution in [-0.4, -0.2) is 20.8 Å². The molecule has 0 spiro atoms. The highest BCUT2D eigenvalue weighted by Gasteiger charge is 2.22. The van der Waals surface area contributed by atoms with Crippen molar-refractivity contribution in [1.29, 1.82) is 0 Å². The van der Waals surface area contributed by atoms with E-state index in [1.165, 1.54) is 13.3 Å². The normalized spacial score (nSPS) is 10.2. The molecule has 0 aliphatic heterocycles. The Bertz CT molecular complexity index is 693. The first-order valence-electron chi connectivity index (χ1n) is 5.68. The number of rotatable bonds is 4. The Morgan fingerprint density at radius 3 is 2.57 bits per heavy atom. The van der Waals surface area contributed by atoms with Crippen LogP contribution in [-0.2, 0) is 4.79 Å². The molecule has 1 heterocycles. The topological polar surface area (TPSA) is 98.0 Å². The van der Waals surface area contributed by atoms with Gasteiger partial charge >= 0.3 is 5.69 Å². The highest BCUT2D eigenvalue weighted by molar-refractivity contribution is 7.99. The predicted molar refractivity (Wildman–Crippen MR) is 78.6 cm³/mol. The van der Waals surface area contributed by atoms with Gasteiger partial charge in [0.2, 0.25) is 11.1 Å². The van der Waals surface area contributed by atoms with Gasteiger partial charge in [0, 0.05) is 17.5 Å². The quantitative estimate of drug-likeness (QED) is 0.527. The molecule has 9 heteroatoms. The molecule has 108 valence electrons. The molecule has 1 aromatic heterocycles. The molecule has 0 aliphatic carbocycles. The number of nitro groups is 1. The van der Waals surface area contributed by atoms with Crippen LogP contribution in [0.3, 0.4) is 0 Å². The summed E-state index contributed by atoms with van der Waals surface area (Å²) in [6.45, 7) is 1.41. The van der Waals surface area contributed by atoms with E-state index in [0.717, 1.165) is 16.7 Å². The Balaban J connectivity index is 2.24. The van der Waals surface area contributed by atoms with Crippen molar-refractivity contribution in [3.63, 3.8) is 0 Å². The highest BCUT2D eigenvalue weighted by Crippen LogP contribution is 2.36. The SMILES string of the molecule is CC(=O)Nc1ccc(Sc2ncnc(Cl)c2[N+](=O)[O-])cc1. The average molecular weight is 325 g/mol. The fourth-order valence-electron chi connectivity index (χ4n) is 1.49. The molecular formula is C12H9ClN4O3S. The molecule has 21 heavy (non-hydrogen) atoms. The average Bonchev–Trinajstić information content (AvgIpc) is 2.40. The van der Waals surface area contributed by atoms with Gasteiger partial charge in [0.1, 0.15) is 6.33 Å². The molecule has 0 fully saturated rings. The first-order valence-corrected chi connectivity index (χ1v) is 6.87. The van der Waals surface area contributed by atoms with Gasteiger partial charge in [0.15, 0.2) is 5.03 Å². The summed E-state index contributed by atoms with van der Waals surface area (Å²) in [5.41, 5.74) is 0.317. The summed E-state index contributed by atoms with van der Waals surface area (Å²) in [6, 6.07) is 6.82. The maximum Gasteiger partial charge on any atom is 0.338 e. The van der Waals surface area contributed by atoms with Gasteiger partial charge in [-0.3, -0.25) is 14.9 Å². The van der Waals surface area contributed by atoms with E-state index >= 15 is 0 Å². The molecule has 1 aromatic carbocycles. The van der Waals surface area contributed by atoms with E-state index < -0.39 is 4.92 Å². The zero-order valence-electron chi connectivity index (χ0n) is 10.7. The van der Waals surface area contributed by atoms with Crippen LogP contribution in [0.5, 0.6) is 0 Å². The van der Waals surface area contributed by atoms with Gasteiger partial charge < -0.3 is 5.32 Å². The van der Waals surface area contributed by atoms with Crippen molar-refractivity contribution < 1.29 is 9.72 Å². The summed E-state index contributed by atoms with van der Waals surface area (Å²) in [7, 11) is 0. The number of benzene rings is 1. The first-order chi connectivity index (χ1) is 9.97. The van der Waals surface area contributed by atoms with Crippen LogP contribution in [0, 0.1) is 10.1 Å². The molecule has 0 atom stereocenters. The molecule has 0 aliphatic rings. The van der Waals surface area contributed by atoms with Gasteiger partial charge in [-0.15, -0.1) is 0 Å². The fourth-order valence-corrected chi connectivity index (χ4v) is 2.61. The van der Waals surface area contributed by atoms with Crippen molar-refractivity contribution in [2.24, 2.45) is 0 Å². The van der Waals surface area contributed by atoms with Crippen LogP contribution in [0.25, 0.3) is 0 Å². The first kappa shape index (κ1) is 15.2. The monoisotopic (exact) mass is 324 g/mol. The smallest absolute Gasteiger partial charge is 0.326 e. The second kappa shape index (κ2) is 6.51. The van der Waals surface area contributed by atoms with Crippen LogP contribution in [0.15, 0.2) is 40.5 Å². The second-order valence-corrected chi connectivity index (χ2v) is 5.30.